The number of nitrogens with zero attached hydrogens (tertiary/aromatic N) is 3. The summed E-state index contributed by atoms with van der Waals surface area (Å²) in [7, 11) is 0. The van der Waals surface area contributed by atoms with Gasteiger partial charge in [-0.2, -0.15) is 0 Å². The molecule has 1 atom stereocenters. The second kappa shape index (κ2) is 8.19. The van der Waals surface area contributed by atoms with Crippen molar-refractivity contribution >= 4 is 28.5 Å². The van der Waals surface area contributed by atoms with Crippen molar-refractivity contribution in [3.8, 4) is 0 Å². The quantitative estimate of drug-likeness (QED) is 0.560. The summed E-state index contributed by atoms with van der Waals surface area (Å²) >= 11 is 6.44. The fraction of sp³-hybridized carbons (Fsp3) is 0.417. The highest BCUT2D eigenvalue weighted by molar-refractivity contribution is 6.31. The smallest absolute Gasteiger partial charge is 0.245 e. The Morgan fingerprint density at radius 1 is 1.14 bits per heavy atom. The molecule has 1 aromatic heterocycles. The zero-order valence-corrected chi connectivity index (χ0v) is 18.2. The van der Waals surface area contributed by atoms with Crippen molar-refractivity contribution < 1.29 is 4.79 Å². The van der Waals surface area contributed by atoms with Gasteiger partial charge in [-0.1, -0.05) is 36.7 Å². The number of carbonyl (C=O) groups is 1. The van der Waals surface area contributed by atoms with Gasteiger partial charge in [-0.15, -0.1) is 0 Å². The molecule has 0 bridgehead atoms. The standard InChI is InChI=1S/C24H28ClN3O/c1-4-21(24(29)27-11-7-8-12-27)28-22-14-17(3)16(2)13-20(22)26-23(28)15-18-9-5-6-10-19(18)25/h5-6,9-10,13-14,21H,4,7-8,11-12,15H2,1-3H3/t21-/m1/s1. The molecule has 5 heteroatoms. The summed E-state index contributed by atoms with van der Waals surface area (Å²) < 4.78 is 2.17. The number of imidazole rings is 1. The normalized spacial score (nSPS) is 15.2. The lowest BCUT2D eigenvalue weighted by Gasteiger charge is -2.25. The second-order valence-electron chi connectivity index (χ2n) is 8.05. The minimum atomic E-state index is -0.238. The van der Waals surface area contributed by atoms with Crippen LogP contribution in [-0.2, 0) is 11.2 Å². The maximum atomic E-state index is 13.4. The lowest BCUT2D eigenvalue weighted by atomic mass is 10.1. The van der Waals surface area contributed by atoms with Crippen LogP contribution in [0.3, 0.4) is 0 Å². The molecule has 0 N–H and O–H groups in total. The molecule has 2 aromatic carbocycles. The van der Waals surface area contributed by atoms with E-state index >= 15 is 0 Å². The molecule has 2 heterocycles. The molecule has 29 heavy (non-hydrogen) atoms. The monoisotopic (exact) mass is 409 g/mol. The highest BCUT2D eigenvalue weighted by Gasteiger charge is 2.30. The number of carbonyl (C=O) groups excluding carboxylic acids is 1. The van der Waals surface area contributed by atoms with Crippen LogP contribution in [0.1, 0.15) is 54.7 Å². The summed E-state index contributed by atoms with van der Waals surface area (Å²) in [6.45, 7) is 8.03. The van der Waals surface area contributed by atoms with Crippen LogP contribution in [0.2, 0.25) is 5.02 Å². The average Bonchev–Trinajstić information content (AvgIpc) is 3.34. The molecule has 0 spiro atoms. The molecular weight excluding hydrogens is 382 g/mol. The summed E-state index contributed by atoms with van der Waals surface area (Å²) in [6.07, 6.45) is 3.54. The molecule has 0 aliphatic carbocycles. The summed E-state index contributed by atoms with van der Waals surface area (Å²) in [5.41, 5.74) is 5.44. The lowest BCUT2D eigenvalue weighted by molar-refractivity contribution is -0.133. The van der Waals surface area contributed by atoms with Crippen molar-refractivity contribution in [2.75, 3.05) is 13.1 Å². The molecular formula is C24H28ClN3O. The Labute approximate surface area is 177 Å². The Morgan fingerprint density at radius 3 is 2.52 bits per heavy atom. The van der Waals surface area contributed by atoms with E-state index in [9.17, 15) is 4.79 Å². The zero-order valence-electron chi connectivity index (χ0n) is 17.4. The average molecular weight is 410 g/mol. The highest BCUT2D eigenvalue weighted by Crippen LogP contribution is 2.30. The lowest BCUT2D eigenvalue weighted by Crippen LogP contribution is -2.35. The van der Waals surface area contributed by atoms with E-state index in [1.165, 1.54) is 11.1 Å². The van der Waals surface area contributed by atoms with Gasteiger partial charge >= 0.3 is 0 Å². The van der Waals surface area contributed by atoms with Gasteiger partial charge in [0.05, 0.1) is 11.0 Å². The molecule has 1 aliphatic rings. The molecule has 1 amide bonds. The second-order valence-corrected chi connectivity index (χ2v) is 8.46. The van der Waals surface area contributed by atoms with Crippen LogP contribution in [0.15, 0.2) is 36.4 Å². The molecule has 0 saturated carbocycles. The fourth-order valence-electron chi connectivity index (χ4n) is 4.30. The third-order valence-corrected chi connectivity index (χ3v) is 6.45. The van der Waals surface area contributed by atoms with Gasteiger partial charge in [-0.25, -0.2) is 4.98 Å². The number of hydrogen-bond donors (Lipinski definition) is 0. The Balaban J connectivity index is 1.85. The number of fused-ring (bicyclic) bond motifs is 1. The Morgan fingerprint density at radius 2 is 1.83 bits per heavy atom. The van der Waals surface area contributed by atoms with Crippen LogP contribution in [0, 0.1) is 13.8 Å². The minimum absolute atomic E-state index is 0.211. The number of likely N-dealkylation sites (tertiary alicyclic amines) is 1. The Hall–Kier alpha value is -2.33. The molecule has 1 saturated heterocycles. The van der Waals surface area contributed by atoms with Crippen LogP contribution < -0.4 is 0 Å². The van der Waals surface area contributed by atoms with Gasteiger partial charge in [0, 0.05) is 24.5 Å². The van der Waals surface area contributed by atoms with Gasteiger partial charge in [0.15, 0.2) is 0 Å². The van der Waals surface area contributed by atoms with E-state index < -0.39 is 0 Å². The fourth-order valence-corrected chi connectivity index (χ4v) is 4.50. The molecule has 152 valence electrons. The van der Waals surface area contributed by atoms with Crippen molar-refractivity contribution in [2.45, 2.75) is 52.5 Å². The van der Waals surface area contributed by atoms with Crippen molar-refractivity contribution in [1.29, 1.82) is 0 Å². The van der Waals surface area contributed by atoms with Crippen LogP contribution in [0.4, 0.5) is 0 Å². The SMILES string of the molecule is CC[C@H](C(=O)N1CCCC1)n1c(Cc2ccccc2Cl)nc2cc(C)c(C)cc21. The zero-order chi connectivity index (χ0) is 20.5. The number of rotatable bonds is 5. The largest absolute Gasteiger partial charge is 0.341 e. The summed E-state index contributed by atoms with van der Waals surface area (Å²) in [5.74, 6) is 1.11. The number of benzene rings is 2. The first-order chi connectivity index (χ1) is 14.0. The van der Waals surface area contributed by atoms with Crippen molar-refractivity contribution in [2.24, 2.45) is 0 Å². The summed E-state index contributed by atoms with van der Waals surface area (Å²) in [6, 6.07) is 11.9. The van der Waals surface area contributed by atoms with Crippen LogP contribution in [0.5, 0.6) is 0 Å². The van der Waals surface area contributed by atoms with Gasteiger partial charge in [0.25, 0.3) is 0 Å². The van der Waals surface area contributed by atoms with Crippen molar-refractivity contribution in [3.63, 3.8) is 0 Å². The Kier molecular flexibility index (Phi) is 5.64. The predicted molar refractivity (Wildman–Crippen MR) is 119 cm³/mol. The van der Waals surface area contributed by atoms with E-state index in [4.69, 9.17) is 16.6 Å². The van der Waals surface area contributed by atoms with E-state index in [2.05, 4.69) is 37.5 Å². The number of aromatic nitrogens is 2. The molecule has 0 unspecified atom stereocenters. The summed E-state index contributed by atoms with van der Waals surface area (Å²) in [4.78, 5) is 20.4. The van der Waals surface area contributed by atoms with E-state index in [0.717, 1.165) is 59.8 Å². The first-order valence-corrected chi connectivity index (χ1v) is 10.9. The van der Waals surface area contributed by atoms with Crippen LogP contribution in [-0.4, -0.2) is 33.4 Å². The van der Waals surface area contributed by atoms with Crippen LogP contribution >= 0.6 is 11.6 Å². The number of halogens is 1. The number of hydrogen-bond acceptors (Lipinski definition) is 2. The van der Waals surface area contributed by atoms with Gasteiger partial charge < -0.3 is 9.47 Å². The first kappa shape index (κ1) is 20.0. The molecule has 3 aromatic rings. The Bertz CT molecular complexity index is 1050. The van der Waals surface area contributed by atoms with Gasteiger partial charge in [0.1, 0.15) is 11.9 Å². The minimum Gasteiger partial charge on any atom is -0.341 e. The van der Waals surface area contributed by atoms with Gasteiger partial charge in [-0.3, -0.25) is 4.79 Å². The van der Waals surface area contributed by atoms with Gasteiger partial charge in [-0.05, 0) is 68.0 Å². The third kappa shape index (κ3) is 3.78. The molecule has 1 aliphatic heterocycles. The van der Waals surface area contributed by atoms with Crippen molar-refractivity contribution in [3.05, 3.63) is 63.9 Å². The van der Waals surface area contributed by atoms with Crippen molar-refractivity contribution in [1.82, 2.24) is 14.5 Å². The summed E-state index contributed by atoms with van der Waals surface area (Å²) in [5, 5.41) is 0.734. The molecule has 1 fully saturated rings. The van der Waals surface area contributed by atoms with E-state index in [1.54, 1.807) is 0 Å². The van der Waals surface area contributed by atoms with E-state index in [0.29, 0.717) is 6.42 Å². The number of amides is 1. The maximum absolute atomic E-state index is 13.4. The third-order valence-electron chi connectivity index (χ3n) is 6.09. The van der Waals surface area contributed by atoms with Gasteiger partial charge in [0.2, 0.25) is 5.91 Å². The topological polar surface area (TPSA) is 38.1 Å². The van der Waals surface area contributed by atoms with E-state index in [-0.39, 0.29) is 11.9 Å². The number of aryl methyl sites for hydroxylation is 2. The predicted octanol–water partition coefficient (Wildman–Crippen LogP) is 5.47. The molecule has 4 rings (SSSR count). The maximum Gasteiger partial charge on any atom is 0.245 e. The molecule has 4 nitrogen and oxygen atoms in total. The molecule has 0 radical (unpaired) electrons. The highest BCUT2D eigenvalue weighted by atomic mass is 35.5. The van der Waals surface area contributed by atoms with Crippen LogP contribution in [0.25, 0.3) is 11.0 Å². The first-order valence-electron chi connectivity index (χ1n) is 10.5. The van der Waals surface area contributed by atoms with E-state index in [1.807, 2.05) is 29.2 Å².